The molecule has 2 aromatic carbocycles. The van der Waals surface area contributed by atoms with Gasteiger partial charge in [-0.2, -0.15) is 0 Å². The molecule has 172 valence electrons. The van der Waals surface area contributed by atoms with Gasteiger partial charge in [-0.15, -0.1) is 0 Å². The topological polar surface area (TPSA) is 69.5 Å². The van der Waals surface area contributed by atoms with E-state index in [-0.39, 0.29) is 12.5 Å². The maximum absolute atomic E-state index is 13.2. The van der Waals surface area contributed by atoms with E-state index in [9.17, 15) is 4.79 Å². The van der Waals surface area contributed by atoms with Gasteiger partial charge in [0.25, 0.3) is 5.91 Å². The summed E-state index contributed by atoms with van der Waals surface area (Å²) in [6.07, 6.45) is 7.21. The molecular formula is C25H28N4O3S. The van der Waals surface area contributed by atoms with Crippen LogP contribution in [0.3, 0.4) is 0 Å². The zero-order valence-electron chi connectivity index (χ0n) is 18.9. The lowest BCUT2D eigenvalue weighted by atomic mass is 10.2. The minimum absolute atomic E-state index is 0.0603. The first-order valence-electron chi connectivity index (χ1n) is 11.2. The molecule has 8 heteroatoms. The number of aromatic nitrogens is 3. The predicted molar refractivity (Wildman–Crippen MR) is 131 cm³/mol. The fourth-order valence-electron chi connectivity index (χ4n) is 3.47. The number of carbonyl (C=O) groups is 1. The molecule has 0 N–H and O–H groups in total. The van der Waals surface area contributed by atoms with Crippen molar-refractivity contribution >= 4 is 32.6 Å². The third-order valence-electron chi connectivity index (χ3n) is 5.24. The summed E-state index contributed by atoms with van der Waals surface area (Å²) >= 11 is 1.54. The molecule has 0 aliphatic rings. The van der Waals surface area contributed by atoms with Gasteiger partial charge in [0.2, 0.25) is 0 Å². The number of benzene rings is 2. The molecule has 2 aromatic heterocycles. The summed E-state index contributed by atoms with van der Waals surface area (Å²) in [6.45, 7) is 5.94. The van der Waals surface area contributed by atoms with Crippen LogP contribution in [-0.2, 0) is 17.8 Å². The second kappa shape index (κ2) is 11.0. The predicted octanol–water partition coefficient (Wildman–Crippen LogP) is 4.96. The highest BCUT2D eigenvalue weighted by molar-refractivity contribution is 7.22. The quantitative estimate of drug-likeness (QED) is 0.314. The number of anilines is 1. The SMILES string of the molecule is CCOc1ccc(OCC(=O)N(CCCn2ccnc2)c2nc3ccc(CC)cc3s2)cc1. The summed E-state index contributed by atoms with van der Waals surface area (Å²) in [5, 5.41) is 0.698. The van der Waals surface area contributed by atoms with Gasteiger partial charge >= 0.3 is 0 Å². The Bertz CT molecular complexity index is 1170. The average Bonchev–Trinajstić information content (AvgIpc) is 3.50. The maximum atomic E-state index is 13.2. The highest BCUT2D eigenvalue weighted by Gasteiger charge is 2.20. The Morgan fingerprint density at radius 1 is 1.09 bits per heavy atom. The summed E-state index contributed by atoms with van der Waals surface area (Å²) in [6, 6.07) is 13.6. The van der Waals surface area contributed by atoms with Crippen LogP contribution in [0.15, 0.2) is 61.2 Å². The van der Waals surface area contributed by atoms with Crippen LogP contribution >= 0.6 is 11.3 Å². The molecule has 0 spiro atoms. The molecule has 1 amide bonds. The molecule has 4 aromatic rings. The number of nitrogens with zero attached hydrogens (tertiary/aromatic N) is 4. The van der Waals surface area contributed by atoms with Crippen molar-refractivity contribution in [2.45, 2.75) is 33.2 Å². The fraction of sp³-hybridized carbons (Fsp3) is 0.320. The van der Waals surface area contributed by atoms with Crippen molar-refractivity contribution in [3.63, 3.8) is 0 Å². The van der Waals surface area contributed by atoms with Gasteiger partial charge in [-0.25, -0.2) is 9.97 Å². The average molecular weight is 465 g/mol. The van der Waals surface area contributed by atoms with E-state index < -0.39 is 0 Å². The molecular weight excluding hydrogens is 436 g/mol. The molecule has 0 saturated heterocycles. The number of imidazole rings is 1. The lowest BCUT2D eigenvalue weighted by Gasteiger charge is -2.20. The molecule has 0 atom stereocenters. The Hall–Kier alpha value is -3.39. The number of hydrogen-bond acceptors (Lipinski definition) is 6. The van der Waals surface area contributed by atoms with E-state index in [1.165, 1.54) is 5.56 Å². The molecule has 33 heavy (non-hydrogen) atoms. The highest BCUT2D eigenvalue weighted by Crippen LogP contribution is 2.30. The summed E-state index contributed by atoms with van der Waals surface area (Å²) < 4.78 is 14.3. The van der Waals surface area contributed by atoms with Crippen LogP contribution in [0.25, 0.3) is 10.2 Å². The van der Waals surface area contributed by atoms with Crippen molar-refractivity contribution in [2.75, 3.05) is 24.7 Å². The highest BCUT2D eigenvalue weighted by atomic mass is 32.1. The van der Waals surface area contributed by atoms with Crippen LogP contribution in [-0.4, -0.2) is 40.2 Å². The largest absolute Gasteiger partial charge is 0.494 e. The second-order valence-corrected chi connectivity index (χ2v) is 8.55. The first kappa shape index (κ1) is 22.8. The summed E-state index contributed by atoms with van der Waals surface area (Å²) in [4.78, 5) is 23.8. The summed E-state index contributed by atoms with van der Waals surface area (Å²) in [5.74, 6) is 1.28. The molecule has 0 unspecified atom stereocenters. The van der Waals surface area contributed by atoms with Crippen LogP contribution in [0, 0.1) is 0 Å². The molecule has 7 nitrogen and oxygen atoms in total. The van der Waals surface area contributed by atoms with Crippen molar-refractivity contribution in [2.24, 2.45) is 0 Å². The van der Waals surface area contributed by atoms with Crippen molar-refractivity contribution in [3.8, 4) is 11.5 Å². The standard InChI is InChI=1S/C25H28N4O3S/c1-3-19-6-11-22-23(16-19)33-25(27-22)29(14-5-13-28-15-12-26-18-28)24(30)17-32-21-9-7-20(8-10-21)31-4-2/h6-12,15-16,18H,3-5,13-14,17H2,1-2H3. The van der Waals surface area contributed by atoms with Gasteiger partial charge in [0.15, 0.2) is 11.7 Å². The lowest BCUT2D eigenvalue weighted by molar-refractivity contribution is -0.120. The minimum atomic E-state index is -0.121. The van der Waals surface area contributed by atoms with Crippen molar-refractivity contribution in [1.82, 2.24) is 14.5 Å². The number of carbonyl (C=O) groups excluding carboxylic acids is 1. The zero-order chi connectivity index (χ0) is 23.0. The van der Waals surface area contributed by atoms with Gasteiger partial charge < -0.3 is 14.0 Å². The zero-order valence-corrected chi connectivity index (χ0v) is 19.8. The molecule has 0 radical (unpaired) electrons. The van der Waals surface area contributed by atoms with E-state index in [1.54, 1.807) is 28.8 Å². The maximum Gasteiger partial charge on any atom is 0.266 e. The van der Waals surface area contributed by atoms with Gasteiger partial charge in [-0.1, -0.05) is 24.3 Å². The van der Waals surface area contributed by atoms with Crippen LogP contribution in [0.1, 0.15) is 25.8 Å². The van der Waals surface area contributed by atoms with E-state index in [1.807, 2.05) is 48.0 Å². The number of amides is 1. The third-order valence-corrected chi connectivity index (χ3v) is 6.28. The van der Waals surface area contributed by atoms with Crippen molar-refractivity contribution < 1.29 is 14.3 Å². The van der Waals surface area contributed by atoms with Crippen LogP contribution in [0.5, 0.6) is 11.5 Å². The molecule has 0 saturated carbocycles. The minimum Gasteiger partial charge on any atom is -0.494 e. The lowest BCUT2D eigenvalue weighted by Crippen LogP contribution is -2.36. The smallest absolute Gasteiger partial charge is 0.266 e. The first-order valence-corrected chi connectivity index (χ1v) is 12.0. The van der Waals surface area contributed by atoms with Crippen molar-refractivity contribution in [3.05, 3.63) is 66.7 Å². The number of fused-ring (bicyclic) bond motifs is 1. The molecule has 0 fully saturated rings. The molecule has 0 bridgehead atoms. The normalized spacial score (nSPS) is 11.0. The van der Waals surface area contributed by atoms with Crippen molar-refractivity contribution in [1.29, 1.82) is 0 Å². The monoisotopic (exact) mass is 464 g/mol. The van der Waals surface area contributed by atoms with E-state index in [0.717, 1.165) is 35.4 Å². The number of thiazole rings is 1. The summed E-state index contributed by atoms with van der Waals surface area (Å²) in [5.41, 5.74) is 2.17. The van der Waals surface area contributed by atoms with E-state index >= 15 is 0 Å². The van der Waals surface area contributed by atoms with Gasteiger partial charge in [0.05, 0.1) is 23.2 Å². The second-order valence-electron chi connectivity index (χ2n) is 7.54. The Morgan fingerprint density at radius 2 is 1.88 bits per heavy atom. The third kappa shape index (κ3) is 5.90. The number of hydrogen-bond donors (Lipinski definition) is 0. The molecule has 0 aliphatic carbocycles. The van der Waals surface area contributed by atoms with Crippen LogP contribution < -0.4 is 14.4 Å². The van der Waals surface area contributed by atoms with Crippen LogP contribution in [0.4, 0.5) is 5.13 Å². The Balaban J connectivity index is 1.48. The molecule has 0 aliphatic heterocycles. The fourth-order valence-corrected chi connectivity index (χ4v) is 4.54. The van der Waals surface area contributed by atoms with Gasteiger partial charge in [-0.3, -0.25) is 9.69 Å². The molecule has 2 heterocycles. The Kier molecular flexibility index (Phi) is 7.57. The molecule has 4 rings (SSSR count). The van der Waals surface area contributed by atoms with Gasteiger partial charge in [-0.05, 0) is 61.7 Å². The Labute approximate surface area is 197 Å². The van der Waals surface area contributed by atoms with E-state index in [0.29, 0.717) is 24.0 Å². The Morgan fingerprint density at radius 3 is 2.58 bits per heavy atom. The van der Waals surface area contributed by atoms with Crippen LogP contribution in [0.2, 0.25) is 0 Å². The van der Waals surface area contributed by atoms with E-state index in [2.05, 4.69) is 24.0 Å². The number of aryl methyl sites for hydroxylation is 2. The first-order chi connectivity index (χ1) is 16.2. The van der Waals surface area contributed by atoms with E-state index in [4.69, 9.17) is 14.5 Å². The summed E-state index contributed by atoms with van der Waals surface area (Å²) in [7, 11) is 0. The van der Waals surface area contributed by atoms with Gasteiger partial charge in [0.1, 0.15) is 11.5 Å². The number of ether oxygens (including phenoxy) is 2. The van der Waals surface area contributed by atoms with Gasteiger partial charge in [0, 0.05) is 25.5 Å². The number of rotatable bonds is 11.